The van der Waals surface area contributed by atoms with E-state index < -0.39 is 0 Å². The molecule has 129 valence electrons. The average Bonchev–Trinajstić information content (AvgIpc) is 2.54. The van der Waals surface area contributed by atoms with Gasteiger partial charge in [-0.25, -0.2) is 0 Å². The van der Waals surface area contributed by atoms with Gasteiger partial charge < -0.3 is 0 Å². The minimum absolute atomic E-state index is 0.924. The van der Waals surface area contributed by atoms with Crippen LogP contribution in [0.4, 0.5) is 0 Å². The zero-order valence-electron chi connectivity index (χ0n) is 14.2. The molecule has 0 unspecified atom stereocenters. The zero-order chi connectivity index (χ0) is 18.5. The number of rotatable bonds is 3. The molecule has 0 heterocycles. The first kappa shape index (κ1) is 24.1. The van der Waals surface area contributed by atoms with Crippen LogP contribution >= 0.6 is 60.6 Å². The van der Waals surface area contributed by atoms with Crippen molar-refractivity contribution in [2.75, 3.05) is 0 Å². The molecule has 0 aliphatic carbocycles. The number of aryl methyl sites for hydroxylation is 3. The molecule has 0 saturated carbocycles. The van der Waals surface area contributed by atoms with Gasteiger partial charge in [-0.15, -0.1) is 0 Å². The summed E-state index contributed by atoms with van der Waals surface area (Å²) in [5, 5.41) is 2.77. The minimum atomic E-state index is 0.924. The van der Waals surface area contributed by atoms with Crippen LogP contribution in [0.15, 0.2) is 40.7 Å². The third-order valence-electron chi connectivity index (χ3n) is 2.94. The van der Waals surface area contributed by atoms with Crippen LogP contribution in [0.2, 0.25) is 0 Å². The molecule has 0 aromatic heterocycles. The summed E-state index contributed by atoms with van der Waals surface area (Å²) < 4.78 is 2.69. The molecular formula is C18H22BBr3NS. The van der Waals surface area contributed by atoms with Gasteiger partial charge in [0.05, 0.1) is 0 Å². The maximum absolute atomic E-state index is 4.34. The van der Waals surface area contributed by atoms with Crippen molar-refractivity contribution in [1.29, 1.82) is 0 Å². The van der Waals surface area contributed by atoms with Crippen molar-refractivity contribution in [3.05, 3.63) is 69.8 Å². The van der Waals surface area contributed by atoms with Gasteiger partial charge in [0.2, 0.25) is 0 Å². The number of nitrogens with zero attached hydrogens (tertiary/aromatic N) is 1. The van der Waals surface area contributed by atoms with Crippen LogP contribution in [0.1, 0.15) is 33.4 Å². The third kappa shape index (κ3) is 10.9. The number of benzene rings is 2. The summed E-state index contributed by atoms with van der Waals surface area (Å²) in [4.78, 5) is 0. The summed E-state index contributed by atoms with van der Waals surface area (Å²) in [7, 11) is 4.34. The van der Waals surface area contributed by atoms with Gasteiger partial charge in [0, 0.05) is 16.0 Å². The fourth-order valence-electron chi connectivity index (χ4n) is 2.27. The molecule has 0 fully saturated rings. The summed E-state index contributed by atoms with van der Waals surface area (Å²) >= 11 is 13.6. The van der Waals surface area contributed by atoms with E-state index in [2.05, 4.69) is 130 Å². The fourth-order valence-corrected chi connectivity index (χ4v) is 3.24. The normalized spacial score (nSPS) is 9.25. The molecule has 0 aliphatic rings. The molecule has 1 nitrogen and oxygen atoms in total. The van der Waals surface area contributed by atoms with Gasteiger partial charge in [-0.1, -0.05) is 101 Å². The Kier molecular flexibility index (Phi) is 14.3. The van der Waals surface area contributed by atoms with Gasteiger partial charge in [-0.05, 0) is 37.5 Å². The number of hydrogen-bond acceptors (Lipinski definition) is 2. The Morgan fingerprint density at radius 1 is 0.708 bits per heavy atom. The standard InChI is InChI=1S/C9H9Br3.C9H12.BHNS/c10-4-7-1-8(5-11)3-9(2-7)6-12;1-7-4-8(2)6-9(3)5-7;1-2-3/h1-3H,4-6H2;4-6H,1-3H3;3H. The first-order valence-corrected chi connectivity index (χ1v) is 11.0. The Morgan fingerprint density at radius 2 is 0.917 bits per heavy atom. The number of thiol groups is 1. The van der Waals surface area contributed by atoms with Crippen LogP contribution in [0.3, 0.4) is 0 Å². The molecule has 0 saturated heterocycles. The Labute approximate surface area is 178 Å². The molecule has 24 heavy (non-hydrogen) atoms. The molecule has 2 aromatic rings. The molecule has 0 amide bonds. The Bertz CT molecular complexity index is 530. The van der Waals surface area contributed by atoms with Crippen molar-refractivity contribution < 1.29 is 0 Å². The molecule has 0 atom stereocenters. The first-order valence-electron chi connectivity index (χ1n) is 7.28. The summed E-state index contributed by atoms with van der Waals surface area (Å²) in [5.41, 5.74) is 8.07. The van der Waals surface area contributed by atoms with Crippen LogP contribution in [-0.2, 0) is 16.0 Å². The van der Waals surface area contributed by atoms with E-state index in [0.29, 0.717) is 0 Å². The van der Waals surface area contributed by atoms with Crippen LogP contribution in [0.5, 0.6) is 0 Å². The van der Waals surface area contributed by atoms with E-state index in [9.17, 15) is 0 Å². The second-order valence-corrected chi connectivity index (χ2v) is 7.25. The van der Waals surface area contributed by atoms with Crippen molar-refractivity contribution in [2.24, 2.45) is 4.30 Å². The fraction of sp³-hybridized carbons (Fsp3) is 0.333. The zero-order valence-corrected chi connectivity index (χ0v) is 19.8. The predicted molar refractivity (Wildman–Crippen MR) is 122 cm³/mol. The van der Waals surface area contributed by atoms with Crippen molar-refractivity contribution >= 4 is 68.2 Å². The van der Waals surface area contributed by atoms with Crippen LogP contribution < -0.4 is 0 Å². The van der Waals surface area contributed by atoms with Crippen molar-refractivity contribution in [3.63, 3.8) is 0 Å². The Balaban J connectivity index is 0.000000390. The van der Waals surface area contributed by atoms with Crippen molar-refractivity contribution in [2.45, 2.75) is 36.8 Å². The van der Waals surface area contributed by atoms with E-state index in [1.165, 1.54) is 33.4 Å². The second kappa shape index (κ2) is 14.3. The van der Waals surface area contributed by atoms with Gasteiger partial charge in [0.25, 0.3) is 0 Å². The molecule has 0 spiro atoms. The average molecular weight is 535 g/mol. The second-order valence-electron chi connectivity index (χ2n) is 5.34. The van der Waals surface area contributed by atoms with Crippen LogP contribution in [0, 0.1) is 20.8 Å². The predicted octanol–water partition coefficient (Wildman–Crippen LogP) is 7.17. The van der Waals surface area contributed by atoms with Gasteiger partial charge in [-0.2, -0.15) is 0 Å². The van der Waals surface area contributed by atoms with Crippen LogP contribution in [-0.4, -0.2) is 7.64 Å². The van der Waals surface area contributed by atoms with E-state index >= 15 is 0 Å². The van der Waals surface area contributed by atoms with Gasteiger partial charge >= 0.3 is 24.8 Å². The number of hydrogen-bond donors (Lipinski definition) is 1. The third-order valence-corrected chi connectivity index (χ3v) is 4.88. The topological polar surface area (TPSA) is 12.4 Å². The summed E-state index contributed by atoms with van der Waals surface area (Å²) in [6.45, 7) is 6.38. The van der Waals surface area contributed by atoms with E-state index in [4.69, 9.17) is 0 Å². The van der Waals surface area contributed by atoms with E-state index in [1.807, 2.05) is 0 Å². The Morgan fingerprint density at radius 3 is 1.08 bits per heavy atom. The molecular weight excluding hydrogens is 513 g/mol. The van der Waals surface area contributed by atoms with Crippen LogP contribution in [0.25, 0.3) is 0 Å². The molecule has 0 aliphatic heterocycles. The quantitative estimate of drug-likeness (QED) is 0.243. The monoisotopic (exact) mass is 532 g/mol. The molecule has 2 aromatic carbocycles. The van der Waals surface area contributed by atoms with E-state index in [1.54, 1.807) is 0 Å². The SMILES string of the molecule is BrCc1cc(CBr)cc(CBr)c1.Cc1cc(C)cc(C)c1.[B]=NS. The van der Waals surface area contributed by atoms with E-state index in [0.717, 1.165) is 16.0 Å². The molecule has 1 radical (unpaired) electrons. The molecule has 6 heteroatoms. The molecule has 0 bridgehead atoms. The molecule has 2 rings (SSSR count). The number of halogens is 3. The van der Waals surface area contributed by atoms with Gasteiger partial charge in [0.1, 0.15) is 0 Å². The van der Waals surface area contributed by atoms with E-state index in [-0.39, 0.29) is 0 Å². The summed E-state index contributed by atoms with van der Waals surface area (Å²) in [6.07, 6.45) is 0. The van der Waals surface area contributed by atoms with Crippen molar-refractivity contribution in [3.8, 4) is 0 Å². The van der Waals surface area contributed by atoms with Gasteiger partial charge in [-0.3, -0.25) is 0 Å². The molecule has 0 N–H and O–H groups in total. The Hall–Kier alpha value is 0.0949. The van der Waals surface area contributed by atoms with Gasteiger partial charge in [0.15, 0.2) is 0 Å². The maximum atomic E-state index is 4.34. The summed E-state index contributed by atoms with van der Waals surface area (Å²) in [6, 6.07) is 13.2. The summed E-state index contributed by atoms with van der Waals surface area (Å²) in [5.74, 6) is 0. The number of alkyl halides is 3. The first-order chi connectivity index (χ1) is 11.4. The van der Waals surface area contributed by atoms with Crippen molar-refractivity contribution in [1.82, 2.24) is 0 Å².